The van der Waals surface area contributed by atoms with Crippen LogP contribution in [0.2, 0.25) is 0 Å². The molecule has 0 bridgehead atoms. The molecular weight excluding hydrogens is 268 g/mol. The lowest BCUT2D eigenvalue weighted by atomic mass is 9.84. The van der Waals surface area contributed by atoms with Crippen LogP contribution in [0.25, 0.3) is 10.9 Å². The van der Waals surface area contributed by atoms with Crippen LogP contribution in [0.5, 0.6) is 5.75 Å². The lowest BCUT2D eigenvalue weighted by molar-refractivity contribution is 0.150. The third kappa shape index (κ3) is 3.29. The fourth-order valence-corrected chi connectivity index (χ4v) is 2.36. The summed E-state index contributed by atoms with van der Waals surface area (Å²) in [6.07, 6.45) is 1.60. The number of rotatable bonds is 5. The molecule has 5 nitrogen and oxygen atoms in total. The summed E-state index contributed by atoms with van der Waals surface area (Å²) < 4.78 is 10.2. The van der Waals surface area contributed by atoms with Gasteiger partial charge in [-0.3, -0.25) is 0 Å². The van der Waals surface area contributed by atoms with Crippen molar-refractivity contribution in [3.05, 3.63) is 30.0 Å². The molecule has 0 aliphatic carbocycles. The number of hydrogen-bond donors (Lipinski definition) is 2. The van der Waals surface area contributed by atoms with Crippen molar-refractivity contribution in [2.24, 2.45) is 0 Å². The summed E-state index contributed by atoms with van der Waals surface area (Å²) in [7, 11) is 1.65. The number of alkyl carbamates (subject to hydrolysis) is 1. The van der Waals surface area contributed by atoms with Gasteiger partial charge in [0.15, 0.2) is 0 Å². The number of fused-ring (bicyclic) bond motifs is 1. The molecule has 0 atom stereocenters. The number of carbonyl (C=O) groups is 1. The molecule has 2 N–H and O–H groups in total. The van der Waals surface area contributed by atoms with Gasteiger partial charge in [-0.15, -0.1) is 0 Å². The number of carbonyl (C=O) groups excluding carboxylic acids is 1. The molecule has 0 radical (unpaired) electrons. The van der Waals surface area contributed by atoms with Crippen LogP contribution >= 0.6 is 0 Å². The molecule has 2 aromatic rings. The predicted molar refractivity (Wildman–Crippen MR) is 82.9 cm³/mol. The SMILES string of the molecule is CCOC(=O)NCC(C)(C)c1c[nH]c2ccc(OC)cc12. The molecular formula is C16H22N2O3. The first kappa shape index (κ1) is 15.2. The summed E-state index contributed by atoms with van der Waals surface area (Å²) in [5, 5.41) is 3.90. The van der Waals surface area contributed by atoms with Gasteiger partial charge < -0.3 is 19.8 Å². The van der Waals surface area contributed by atoms with Gasteiger partial charge in [-0.1, -0.05) is 13.8 Å². The van der Waals surface area contributed by atoms with Crippen molar-refractivity contribution in [3.63, 3.8) is 0 Å². The number of hydrogen-bond acceptors (Lipinski definition) is 3. The molecule has 0 unspecified atom stereocenters. The third-order valence-electron chi connectivity index (χ3n) is 3.57. The molecule has 1 amide bonds. The zero-order chi connectivity index (χ0) is 15.5. The van der Waals surface area contributed by atoms with Gasteiger partial charge in [0, 0.05) is 29.1 Å². The van der Waals surface area contributed by atoms with Crippen LogP contribution in [-0.2, 0) is 10.2 Å². The van der Waals surface area contributed by atoms with E-state index in [-0.39, 0.29) is 11.5 Å². The summed E-state index contributed by atoms with van der Waals surface area (Å²) in [4.78, 5) is 14.7. The Balaban J connectivity index is 2.24. The van der Waals surface area contributed by atoms with Gasteiger partial charge in [-0.05, 0) is 30.7 Å². The Morgan fingerprint density at radius 2 is 2.14 bits per heavy atom. The van der Waals surface area contributed by atoms with E-state index in [4.69, 9.17) is 9.47 Å². The van der Waals surface area contributed by atoms with E-state index in [2.05, 4.69) is 24.1 Å². The number of aromatic nitrogens is 1. The molecule has 0 fully saturated rings. The maximum absolute atomic E-state index is 11.5. The summed E-state index contributed by atoms with van der Waals surface area (Å²) in [6.45, 7) is 6.83. The minimum atomic E-state index is -0.386. The first-order chi connectivity index (χ1) is 9.97. The highest BCUT2D eigenvalue weighted by molar-refractivity contribution is 5.85. The Hall–Kier alpha value is -2.17. The molecule has 0 saturated carbocycles. The van der Waals surface area contributed by atoms with E-state index in [1.54, 1.807) is 14.0 Å². The standard InChI is InChI=1S/C16H22N2O3/c1-5-21-15(19)18-10-16(2,3)13-9-17-14-7-6-11(20-4)8-12(13)14/h6-9,17H,5,10H2,1-4H3,(H,18,19). The molecule has 21 heavy (non-hydrogen) atoms. The molecule has 0 aliphatic rings. The van der Waals surface area contributed by atoms with Crippen LogP contribution in [0.4, 0.5) is 4.79 Å². The van der Waals surface area contributed by atoms with Gasteiger partial charge >= 0.3 is 6.09 Å². The van der Waals surface area contributed by atoms with Crippen molar-refractivity contribution >= 4 is 17.0 Å². The second-order valence-corrected chi connectivity index (χ2v) is 5.57. The van der Waals surface area contributed by atoms with Gasteiger partial charge in [0.2, 0.25) is 0 Å². The molecule has 0 saturated heterocycles. The van der Waals surface area contributed by atoms with Crippen molar-refractivity contribution in [2.75, 3.05) is 20.3 Å². The van der Waals surface area contributed by atoms with Gasteiger partial charge in [-0.25, -0.2) is 4.79 Å². The van der Waals surface area contributed by atoms with E-state index in [9.17, 15) is 4.79 Å². The Morgan fingerprint density at radius 1 is 1.38 bits per heavy atom. The highest BCUT2D eigenvalue weighted by atomic mass is 16.5. The second kappa shape index (κ2) is 6.08. The number of aromatic amines is 1. The van der Waals surface area contributed by atoms with Crippen LogP contribution in [0.15, 0.2) is 24.4 Å². The van der Waals surface area contributed by atoms with E-state index >= 15 is 0 Å². The van der Waals surface area contributed by atoms with E-state index in [0.29, 0.717) is 13.2 Å². The van der Waals surface area contributed by atoms with Crippen LogP contribution < -0.4 is 10.1 Å². The predicted octanol–water partition coefficient (Wildman–Crippen LogP) is 3.20. The fourth-order valence-electron chi connectivity index (χ4n) is 2.36. The third-order valence-corrected chi connectivity index (χ3v) is 3.57. The molecule has 1 heterocycles. The summed E-state index contributed by atoms with van der Waals surface area (Å²) in [6, 6.07) is 5.92. The van der Waals surface area contributed by atoms with Gasteiger partial charge in [0.1, 0.15) is 5.75 Å². The van der Waals surface area contributed by atoms with Crippen molar-refractivity contribution in [2.45, 2.75) is 26.2 Å². The average Bonchev–Trinajstić information content (AvgIpc) is 2.89. The average molecular weight is 290 g/mol. The normalized spacial score (nSPS) is 11.4. The van der Waals surface area contributed by atoms with Gasteiger partial charge in [0.05, 0.1) is 13.7 Å². The highest BCUT2D eigenvalue weighted by Gasteiger charge is 2.25. The van der Waals surface area contributed by atoms with Crippen LogP contribution in [0.3, 0.4) is 0 Å². The van der Waals surface area contributed by atoms with Crippen LogP contribution in [-0.4, -0.2) is 31.3 Å². The first-order valence-electron chi connectivity index (χ1n) is 7.04. The first-order valence-corrected chi connectivity index (χ1v) is 7.04. The molecule has 114 valence electrons. The van der Waals surface area contributed by atoms with Crippen molar-refractivity contribution in [3.8, 4) is 5.75 Å². The topological polar surface area (TPSA) is 63.3 Å². The maximum Gasteiger partial charge on any atom is 0.407 e. The minimum absolute atomic E-state index is 0.225. The lowest BCUT2D eigenvalue weighted by Crippen LogP contribution is -2.36. The maximum atomic E-state index is 11.5. The fraction of sp³-hybridized carbons (Fsp3) is 0.438. The quantitative estimate of drug-likeness (QED) is 0.889. The number of ether oxygens (including phenoxy) is 2. The van der Waals surface area contributed by atoms with E-state index in [1.807, 2.05) is 24.4 Å². The van der Waals surface area contributed by atoms with E-state index in [0.717, 1.165) is 22.2 Å². The van der Waals surface area contributed by atoms with E-state index < -0.39 is 0 Å². The number of benzene rings is 1. The van der Waals surface area contributed by atoms with Crippen molar-refractivity contribution in [1.82, 2.24) is 10.3 Å². The van der Waals surface area contributed by atoms with Crippen LogP contribution in [0, 0.1) is 0 Å². The Bertz CT molecular complexity index is 631. The van der Waals surface area contributed by atoms with Crippen molar-refractivity contribution < 1.29 is 14.3 Å². The highest BCUT2D eigenvalue weighted by Crippen LogP contribution is 2.32. The molecule has 1 aromatic heterocycles. The Morgan fingerprint density at radius 3 is 2.81 bits per heavy atom. The molecule has 1 aromatic carbocycles. The number of amides is 1. The van der Waals surface area contributed by atoms with Crippen LogP contribution in [0.1, 0.15) is 26.3 Å². The van der Waals surface area contributed by atoms with Gasteiger partial charge in [0.25, 0.3) is 0 Å². The smallest absolute Gasteiger partial charge is 0.407 e. The lowest BCUT2D eigenvalue weighted by Gasteiger charge is -2.24. The van der Waals surface area contributed by atoms with E-state index in [1.165, 1.54) is 0 Å². The Kier molecular flexibility index (Phi) is 4.40. The summed E-state index contributed by atoms with van der Waals surface area (Å²) in [5.41, 5.74) is 1.96. The Labute approximate surface area is 124 Å². The monoisotopic (exact) mass is 290 g/mol. The molecule has 0 aliphatic heterocycles. The zero-order valence-electron chi connectivity index (χ0n) is 12.9. The summed E-state index contributed by atoms with van der Waals surface area (Å²) in [5.74, 6) is 0.817. The molecule has 2 rings (SSSR count). The zero-order valence-corrected chi connectivity index (χ0v) is 12.9. The molecule has 5 heteroatoms. The molecule has 0 spiro atoms. The number of H-pyrrole nitrogens is 1. The van der Waals surface area contributed by atoms with Crippen molar-refractivity contribution in [1.29, 1.82) is 0 Å². The minimum Gasteiger partial charge on any atom is -0.497 e. The number of nitrogens with one attached hydrogen (secondary N) is 2. The second-order valence-electron chi connectivity index (χ2n) is 5.57. The van der Waals surface area contributed by atoms with Gasteiger partial charge in [-0.2, -0.15) is 0 Å². The summed E-state index contributed by atoms with van der Waals surface area (Å²) >= 11 is 0. The largest absolute Gasteiger partial charge is 0.497 e. The number of methoxy groups -OCH3 is 1.